The van der Waals surface area contributed by atoms with Crippen molar-refractivity contribution in [2.45, 2.75) is 44.2 Å². The highest BCUT2D eigenvalue weighted by Gasteiger charge is 2.39. The molecule has 4 rings (SSSR count). The lowest BCUT2D eigenvalue weighted by Crippen LogP contribution is -2.53. The Bertz CT molecular complexity index is 734. The molecule has 2 saturated carbocycles. The van der Waals surface area contributed by atoms with Gasteiger partial charge in [0.1, 0.15) is 5.75 Å². The van der Waals surface area contributed by atoms with Crippen LogP contribution in [0.15, 0.2) is 48.7 Å². The Labute approximate surface area is 154 Å². The summed E-state index contributed by atoms with van der Waals surface area (Å²) in [5.74, 6) is 2.17. The molecule has 2 aromatic rings. The first-order valence-electron chi connectivity index (χ1n) is 9.44. The van der Waals surface area contributed by atoms with Gasteiger partial charge in [0.05, 0.1) is 5.56 Å². The number of nitrogens with zero attached hydrogens (tertiary/aromatic N) is 1. The molecule has 1 amide bonds. The van der Waals surface area contributed by atoms with Gasteiger partial charge in [-0.05, 0) is 55.7 Å². The third-order valence-electron chi connectivity index (χ3n) is 5.64. The van der Waals surface area contributed by atoms with Gasteiger partial charge in [-0.25, -0.2) is 4.98 Å². The highest BCUT2D eigenvalue weighted by atomic mass is 16.5. The molecule has 1 heterocycles. The van der Waals surface area contributed by atoms with Gasteiger partial charge in [-0.2, -0.15) is 0 Å². The first-order valence-corrected chi connectivity index (χ1v) is 9.44. The number of aromatic nitrogens is 1. The van der Waals surface area contributed by atoms with Crippen LogP contribution in [0.2, 0.25) is 0 Å². The fraction of sp³-hybridized carbons (Fsp3) is 0.429. The second-order valence-electron chi connectivity index (χ2n) is 7.48. The molecule has 2 fully saturated rings. The lowest BCUT2D eigenvalue weighted by Gasteiger charge is -2.45. The van der Waals surface area contributed by atoms with Crippen LogP contribution in [-0.4, -0.2) is 23.0 Å². The van der Waals surface area contributed by atoms with E-state index in [9.17, 15) is 4.79 Å². The summed E-state index contributed by atoms with van der Waals surface area (Å²) in [7, 11) is 0. The average molecular weight is 351 g/mol. The molecular weight excluding hydrogens is 326 g/mol. The Morgan fingerprint density at radius 1 is 1.08 bits per heavy atom. The minimum atomic E-state index is -0.0545. The number of nitrogens with one attached hydrogen (secondary N) is 1. The Balaban J connectivity index is 1.40. The van der Waals surface area contributed by atoms with Gasteiger partial charge >= 0.3 is 0 Å². The van der Waals surface area contributed by atoms with E-state index in [0.717, 1.165) is 31.4 Å². The van der Waals surface area contributed by atoms with Crippen LogP contribution in [0.25, 0.3) is 0 Å². The largest absolute Gasteiger partial charge is 0.439 e. The number of amides is 1. The Hall–Kier alpha value is -2.40. The molecule has 1 aromatic heterocycles. The van der Waals surface area contributed by atoms with Crippen molar-refractivity contribution >= 4 is 5.91 Å². The number of para-hydroxylation sites is 1. The fourth-order valence-electron chi connectivity index (χ4n) is 4.44. The SMILES string of the molecule is NC1CC2CCCC(C1)C2NC(=O)c1ccc(Oc2ccccc2)nc1. The second kappa shape index (κ2) is 7.46. The lowest BCUT2D eigenvalue weighted by molar-refractivity contribution is 0.0755. The van der Waals surface area contributed by atoms with E-state index in [4.69, 9.17) is 10.5 Å². The van der Waals surface area contributed by atoms with Crippen LogP contribution >= 0.6 is 0 Å². The van der Waals surface area contributed by atoms with Crippen molar-refractivity contribution < 1.29 is 9.53 Å². The monoisotopic (exact) mass is 351 g/mol. The molecule has 2 atom stereocenters. The van der Waals surface area contributed by atoms with Crippen molar-refractivity contribution in [3.8, 4) is 11.6 Å². The minimum absolute atomic E-state index is 0.0545. The van der Waals surface area contributed by atoms with Gasteiger partial charge in [0.2, 0.25) is 5.88 Å². The van der Waals surface area contributed by atoms with E-state index in [2.05, 4.69) is 10.3 Å². The zero-order valence-corrected chi connectivity index (χ0v) is 14.8. The van der Waals surface area contributed by atoms with Gasteiger partial charge < -0.3 is 15.8 Å². The van der Waals surface area contributed by atoms with Crippen molar-refractivity contribution in [3.05, 3.63) is 54.2 Å². The van der Waals surface area contributed by atoms with Gasteiger partial charge in [-0.15, -0.1) is 0 Å². The molecule has 2 bridgehead atoms. The maximum absolute atomic E-state index is 12.7. The Morgan fingerprint density at radius 3 is 2.46 bits per heavy atom. The van der Waals surface area contributed by atoms with Crippen molar-refractivity contribution in [3.63, 3.8) is 0 Å². The van der Waals surface area contributed by atoms with E-state index < -0.39 is 0 Å². The maximum Gasteiger partial charge on any atom is 0.253 e. The molecule has 2 aliphatic rings. The van der Waals surface area contributed by atoms with Crippen molar-refractivity contribution in [2.24, 2.45) is 17.6 Å². The molecule has 0 saturated heterocycles. The number of benzene rings is 1. The van der Waals surface area contributed by atoms with Crippen LogP contribution in [0.4, 0.5) is 0 Å². The summed E-state index contributed by atoms with van der Waals surface area (Å²) in [6.45, 7) is 0. The number of hydrogen-bond acceptors (Lipinski definition) is 4. The predicted molar refractivity (Wildman–Crippen MR) is 100 cm³/mol. The van der Waals surface area contributed by atoms with Gasteiger partial charge in [-0.1, -0.05) is 24.6 Å². The average Bonchev–Trinajstić information content (AvgIpc) is 2.64. The summed E-state index contributed by atoms with van der Waals surface area (Å²) < 4.78 is 5.68. The van der Waals surface area contributed by atoms with Crippen molar-refractivity contribution in [1.82, 2.24) is 10.3 Å². The number of hydrogen-bond donors (Lipinski definition) is 2. The summed E-state index contributed by atoms with van der Waals surface area (Å²) in [5.41, 5.74) is 6.74. The Kier molecular flexibility index (Phi) is 4.89. The predicted octanol–water partition coefficient (Wildman–Crippen LogP) is 3.51. The molecule has 3 N–H and O–H groups in total. The summed E-state index contributed by atoms with van der Waals surface area (Å²) >= 11 is 0. The zero-order valence-electron chi connectivity index (χ0n) is 14.8. The number of carbonyl (C=O) groups is 1. The second-order valence-corrected chi connectivity index (χ2v) is 7.48. The molecule has 5 heteroatoms. The van der Waals surface area contributed by atoms with Gasteiger partial charge in [0.25, 0.3) is 5.91 Å². The van der Waals surface area contributed by atoms with Crippen LogP contribution in [0.5, 0.6) is 11.6 Å². The molecule has 0 radical (unpaired) electrons. The highest BCUT2D eigenvalue weighted by Crippen LogP contribution is 2.39. The van der Waals surface area contributed by atoms with Crippen LogP contribution in [0.1, 0.15) is 42.5 Å². The molecule has 2 unspecified atom stereocenters. The third kappa shape index (κ3) is 3.73. The fourth-order valence-corrected chi connectivity index (χ4v) is 4.44. The van der Waals surface area contributed by atoms with E-state index >= 15 is 0 Å². The maximum atomic E-state index is 12.7. The van der Waals surface area contributed by atoms with Crippen LogP contribution < -0.4 is 15.8 Å². The zero-order chi connectivity index (χ0) is 17.9. The first-order chi connectivity index (χ1) is 12.7. The summed E-state index contributed by atoms with van der Waals surface area (Å²) in [6.07, 6.45) is 7.20. The van der Waals surface area contributed by atoms with Crippen molar-refractivity contribution in [1.29, 1.82) is 0 Å². The van der Waals surface area contributed by atoms with E-state index in [1.807, 2.05) is 30.3 Å². The van der Waals surface area contributed by atoms with Crippen LogP contribution in [0.3, 0.4) is 0 Å². The number of rotatable bonds is 4. The van der Waals surface area contributed by atoms with Gasteiger partial charge in [0, 0.05) is 24.3 Å². The third-order valence-corrected chi connectivity index (χ3v) is 5.64. The smallest absolute Gasteiger partial charge is 0.253 e. The number of ether oxygens (including phenoxy) is 1. The molecule has 5 nitrogen and oxygen atoms in total. The standard InChI is InChI=1S/C21H25N3O2/c22-17-11-14-5-4-6-15(12-17)20(14)24-21(25)16-9-10-19(23-13-16)26-18-7-2-1-3-8-18/h1-3,7-10,13-15,17,20H,4-6,11-12,22H2,(H,24,25). The van der Waals surface area contributed by atoms with Crippen LogP contribution in [0, 0.1) is 11.8 Å². The number of pyridine rings is 1. The Morgan fingerprint density at radius 2 is 1.81 bits per heavy atom. The number of nitrogens with two attached hydrogens (primary N) is 1. The highest BCUT2D eigenvalue weighted by molar-refractivity contribution is 5.94. The molecule has 0 aliphatic heterocycles. The lowest BCUT2D eigenvalue weighted by atomic mass is 9.67. The number of carbonyl (C=O) groups excluding carboxylic acids is 1. The van der Waals surface area contributed by atoms with E-state index in [1.165, 1.54) is 6.42 Å². The molecule has 1 aromatic carbocycles. The summed E-state index contributed by atoms with van der Waals surface area (Å²) in [6, 6.07) is 13.5. The molecule has 136 valence electrons. The van der Waals surface area contributed by atoms with Gasteiger partial charge in [0.15, 0.2) is 0 Å². The topological polar surface area (TPSA) is 77.2 Å². The molecule has 26 heavy (non-hydrogen) atoms. The van der Waals surface area contributed by atoms with Crippen LogP contribution in [-0.2, 0) is 0 Å². The molecule has 0 spiro atoms. The molecular formula is C21H25N3O2. The summed E-state index contributed by atoms with van der Waals surface area (Å²) in [4.78, 5) is 16.9. The number of fused-ring (bicyclic) bond motifs is 2. The molecule has 2 aliphatic carbocycles. The van der Waals surface area contributed by atoms with Gasteiger partial charge in [-0.3, -0.25) is 4.79 Å². The normalized spacial score (nSPS) is 27.6. The quantitative estimate of drug-likeness (QED) is 0.884. The van der Waals surface area contributed by atoms with E-state index in [1.54, 1.807) is 18.3 Å². The van der Waals surface area contributed by atoms with Crippen molar-refractivity contribution in [2.75, 3.05) is 0 Å². The summed E-state index contributed by atoms with van der Waals surface area (Å²) in [5, 5.41) is 3.25. The minimum Gasteiger partial charge on any atom is -0.439 e. The first kappa shape index (κ1) is 17.0. The van der Waals surface area contributed by atoms with E-state index in [0.29, 0.717) is 23.3 Å². The van der Waals surface area contributed by atoms with E-state index in [-0.39, 0.29) is 18.0 Å².